The number of carboxylic acid groups (broad SMARTS) is 1. The number of ether oxygens (including phenoxy) is 1. The van der Waals surface area contributed by atoms with Gasteiger partial charge in [-0.1, -0.05) is 20.8 Å². The molecule has 2 amide bonds. The van der Waals surface area contributed by atoms with Gasteiger partial charge in [0.1, 0.15) is 5.92 Å². The molecule has 1 aliphatic heterocycles. The summed E-state index contributed by atoms with van der Waals surface area (Å²) in [7, 11) is 0. The molecule has 0 spiro atoms. The molecule has 6 nitrogen and oxygen atoms in total. The molecular weight excluding hydrogens is 236 g/mol. The Labute approximate surface area is 107 Å². The second-order valence-corrected chi connectivity index (χ2v) is 5.80. The van der Waals surface area contributed by atoms with Gasteiger partial charge in [-0.25, -0.2) is 4.79 Å². The molecule has 0 aromatic heterocycles. The fourth-order valence-corrected chi connectivity index (χ4v) is 1.71. The first-order valence-corrected chi connectivity index (χ1v) is 6.14. The molecule has 0 aromatic carbocycles. The Bertz CT molecular complexity index is 312. The van der Waals surface area contributed by atoms with Crippen molar-refractivity contribution < 1.29 is 19.4 Å². The molecule has 0 aliphatic carbocycles. The first-order valence-electron chi connectivity index (χ1n) is 6.14. The van der Waals surface area contributed by atoms with Crippen LogP contribution in [0.3, 0.4) is 0 Å². The Morgan fingerprint density at radius 3 is 2.56 bits per heavy atom. The van der Waals surface area contributed by atoms with E-state index in [1.165, 1.54) is 0 Å². The standard InChI is InChI=1S/C12H22N2O4/c1-12(2,3)4-5-13-11(17)14-9-7-18-6-8(9)10(15)16/h8-9H,4-7H2,1-3H3,(H,15,16)(H2,13,14,17). The molecule has 104 valence electrons. The summed E-state index contributed by atoms with van der Waals surface area (Å²) in [6.07, 6.45) is 0.865. The highest BCUT2D eigenvalue weighted by atomic mass is 16.5. The van der Waals surface area contributed by atoms with Gasteiger partial charge in [-0.05, 0) is 11.8 Å². The van der Waals surface area contributed by atoms with Crippen LogP contribution in [-0.2, 0) is 9.53 Å². The zero-order valence-corrected chi connectivity index (χ0v) is 11.2. The Balaban J connectivity index is 2.29. The maximum Gasteiger partial charge on any atom is 0.315 e. The van der Waals surface area contributed by atoms with E-state index in [-0.39, 0.29) is 24.7 Å². The summed E-state index contributed by atoms with van der Waals surface area (Å²) < 4.78 is 5.07. The molecule has 1 fully saturated rings. The van der Waals surface area contributed by atoms with Crippen LogP contribution in [0.15, 0.2) is 0 Å². The molecule has 0 saturated carbocycles. The van der Waals surface area contributed by atoms with Gasteiger partial charge in [0.25, 0.3) is 0 Å². The highest BCUT2D eigenvalue weighted by Gasteiger charge is 2.34. The maximum atomic E-state index is 11.6. The summed E-state index contributed by atoms with van der Waals surface area (Å²) in [6, 6.07) is -0.780. The Morgan fingerprint density at radius 2 is 2.00 bits per heavy atom. The normalized spacial score (nSPS) is 23.7. The van der Waals surface area contributed by atoms with Gasteiger partial charge in [0.05, 0.1) is 19.3 Å². The van der Waals surface area contributed by atoms with Gasteiger partial charge < -0.3 is 20.5 Å². The molecule has 2 atom stereocenters. The second kappa shape index (κ2) is 6.04. The molecule has 0 radical (unpaired) electrons. The number of carbonyl (C=O) groups is 2. The van der Waals surface area contributed by atoms with Crippen LogP contribution < -0.4 is 10.6 Å². The molecule has 1 rings (SSSR count). The largest absolute Gasteiger partial charge is 0.481 e. The molecule has 1 aliphatic rings. The van der Waals surface area contributed by atoms with E-state index in [1.807, 2.05) is 0 Å². The number of amides is 2. The van der Waals surface area contributed by atoms with Crippen molar-refractivity contribution >= 4 is 12.0 Å². The minimum atomic E-state index is -0.938. The maximum absolute atomic E-state index is 11.6. The average molecular weight is 258 g/mol. The van der Waals surface area contributed by atoms with Crippen LogP contribution in [0, 0.1) is 11.3 Å². The summed E-state index contributed by atoms with van der Waals surface area (Å²) >= 11 is 0. The fourth-order valence-electron chi connectivity index (χ4n) is 1.71. The van der Waals surface area contributed by atoms with Gasteiger partial charge >= 0.3 is 12.0 Å². The van der Waals surface area contributed by atoms with Crippen molar-refractivity contribution in [1.82, 2.24) is 10.6 Å². The summed E-state index contributed by atoms with van der Waals surface area (Å²) in [5, 5.41) is 14.3. The molecule has 1 heterocycles. The first kappa shape index (κ1) is 14.8. The van der Waals surface area contributed by atoms with Gasteiger partial charge in [-0.3, -0.25) is 4.79 Å². The van der Waals surface area contributed by atoms with E-state index >= 15 is 0 Å². The number of nitrogens with one attached hydrogen (secondary N) is 2. The van der Waals surface area contributed by atoms with Gasteiger partial charge in [0, 0.05) is 6.54 Å². The number of carbonyl (C=O) groups excluding carboxylic acids is 1. The Hall–Kier alpha value is -1.30. The lowest BCUT2D eigenvalue weighted by molar-refractivity contribution is -0.142. The van der Waals surface area contributed by atoms with Gasteiger partial charge in [0.2, 0.25) is 0 Å². The fraction of sp³-hybridized carbons (Fsp3) is 0.833. The summed E-state index contributed by atoms with van der Waals surface area (Å²) in [4.78, 5) is 22.5. The van der Waals surface area contributed by atoms with E-state index in [1.54, 1.807) is 0 Å². The van der Waals surface area contributed by atoms with Crippen molar-refractivity contribution in [2.75, 3.05) is 19.8 Å². The molecule has 3 N–H and O–H groups in total. The second-order valence-electron chi connectivity index (χ2n) is 5.80. The number of urea groups is 1. The molecule has 2 unspecified atom stereocenters. The molecule has 18 heavy (non-hydrogen) atoms. The number of rotatable bonds is 4. The van der Waals surface area contributed by atoms with Crippen LogP contribution in [0.4, 0.5) is 4.79 Å². The molecule has 1 saturated heterocycles. The minimum Gasteiger partial charge on any atom is -0.481 e. The van der Waals surface area contributed by atoms with Crippen LogP contribution in [0.25, 0.3) is 0 Å². The van der Waals surface area contributed by atoms with Crippen molar-refractivity contribution in [1.29, 1.82) is 0 Å². The van der Waals surface area contributed by atoms with Crippen LogP contribution in [0.5, 0.6) is 0 Å². The van der Waals surface area contributed by atoms with Crippen LogP contribution in [-0.4, -0.2) is 42.9 Å². The minimum absolute atomic E-state index is 0.155. The first-order chi connectivity index (χ1) is 8.29. The van der Waals surface area contributed by atoms with Crippen molar-refractivity contribution in [2.45, 2.75) is 33.2 Å². The van der Waals surface area contributed by atoms with E-state index in [9.17, 15) is 9.59 Å². The lowest BCUT2D eigenvalue weighted by Gasteiger charge is -2.20. The topological polar surface area (TPSA) is 87.7 Å². The predicted octanol–water partition coefficient (Wildman–Crippen LogP) is 0.821. The van der Waals surface area contributed by atoms with Crippen LogP contribution in [0.2, 0.25) is 0 Å². The summed E-state index contributed by atoms with van der Waals surface area (Å²) in [6.45, 7) is 7.26. The molecule has 6 heteroatoms. The van der Waals surface area contributed by atoms with Crippen LogP contribution in [0.1, 0.15) is 27.2 Å². The third-order valence-electron chi connectivity index (χ3n) is 2.87. The predicted molar refractivity (Wildman–Crippen MR) is 66.3 cm³/mol. The van der Waals surface area contributed by atoms with Crippen molar-refractivity contribution in [2.24, 2.45) is 11.3 Å². The zero-order valence-electron chi connectivity index (χ0n) is 11.2. The van der Waals surface area contributed by atoms with E-state index < -0.39 is 17.9 Å². The Kier molecular flexibility index (Phi) is 4.95. The van der Waals surface area contributed by atoms with E-state index in [4.69, 9.17) is 9.84 Å². The summed E-state index contributed by atoms with van der Waals surface area (Å²) in [5.74, 6) is -1.59. The highest BCUT2D eigenvalue weighted by molar-refractivity contribution is 5.77. The quantitative estimate of drug-likeness (QED) is 0.696. The third kappa shape index (κ3) is 4.91. The number of hydrogen-bond acceptors (Lipinski definition) is 3. The lowest BCUT2D eigenvalue weighted by atomic mass is 9.92. The van der Waals surface area contributed by atoms with Gasteiger partial charge in [-0.15, -0.1) is 0 Å². The number of hydrogen-bond donors (Lipinski definition) is 3. The van der Waals surface area contributed by atoms with Crippen molar-refractivity contribution in [3.63, 3.8) is 0 Å². The van der Waals surface area contributed by atoms with E-state index in [0.29, 0.717) is 6.54 Å². The molecular formula is C12H22N2O4. The number of carboxylic acids is 1. The Morgan fingerprint density at radius 1 is 1.33 bits per heavy atom. The van der Waals surface area contributed by atoms with Gasteiger partial charge in [-0.2, -0.15) is 0 Å². The van der Waals surface area contributed by atoms with Crippen molar-refractivity contribution in [3.05, 3.63) is 0 Å². The zero-order chi connectivity index (χ0) is 13.8. The van der Waals surface area contributed by atoms with E-state index in [2.05, 4.69) is 31.4 Å². The number of aliphatic carboxylic acids is 1. The average Bonchev–Trinajstić information content (AvgIpc) is 2.63. The SMILES string of the molecule is CC(C)(C)CCNC(=O)NC1COCC1C(=O)O. The summed E-state index contributed by atoms with van der Waals surface area (Å²) in [5.41, 5.74) is 0.160. The van der Waals surface area contributed by atoms with Crippen LogP contribution >= 0.6 is 0 Å². The third-order valence-corrected chi connectivity index (χ3v) is 2.87. The highest BCUT2D eigenvalue weighted by Crippen LogP contribution is 2.17. The monoisotopic (exact) mass is 258 g/mol. The van der Waals surface area contributed by atoms with E-state index in [0.717, 1.165) is 6.42 Å². The van der Waals surface area contributed by atoms with Crippen molar-refractivity contribution in [3.8, 4) is 0 Å². The molecule has 0 bridgehead atoms. The van der Waals surface area contributed by atoms with Gasteiger partial charge in [0.15, 0.2) is 0 Å². The molecule has 0 aromatic rings. The lowest BCUT2D eigenvalue weighted by Crippen LogP contribution is -2.47. The smallest absolute Gasteiger partial charge is 0.315 e.